The Balaban J connectivity index is 2.50. The zero-order valence-electron chi connectivity index (χ0n) is 10.2. The molecule has 0 amide bonds. The van der Waals surface area contributed by atoms with Gasteiger partial charge in [-0.05, 0) is 49.9 Å². The van der Waals surface area contributed by atoms with E-state index in [1.165, 1.54) is 4.31 Å². The molecule has 0 saturated carbocycles. The smallest absolute Gasteiger partial charge is 0.235 e. The molecule has 1 aliphatic heterocycles. The lowest BCUT2D eigenvalue weighted by molar-refractivity contribution is 0.574. The van der Waals surface area contributed by atoms with Crippen LogP contribution in [0.2, 0.25) is 0 Å². The summed E-state index contributed by atoms with van der Waals surface area (Å²) in [4.78, 5) is 0. The largest absolute Gasteiger partial charge is 0.399 e. The zero-order valence-corrected chi connectivity index (χ0v) is 11.0. The molecule has 1 heterocycles. The minimum absolute atomic E-state index is 0.246. The minimum atomic E-state index is -3.14. The Hall–Kier alpha value is -1.23. The molecule has 94 valence electrons. The molecule has 0 spiro atoms. The second kappa shape index (κ2) is 4.22. The fourth-order valence-corrected chi connectivity index (χ4v) is 3.84. The van der Waals surface area contributed by atoms with Gasteiger partial charge in [0, 0.05) is 12.2 Å². The summed E-state index contributed by atoms with van der Waals surface area (Å²) < 4.78 is 25.6. The van der Waals surface area contributed by atoms with E-state index >= 15 is 0 Å². The normalized spacial score (nSPS) is 19.3. The van der Waals surface area contributed by atoms with Gasteiger partial charge in [0.2, 0.25) is 10.0 Å². The van der Waals surface area contributed by atoms with Crippen LogP contribution in [0.15, 0.2) is 12.1 Å². The van der Waals surface area contributed by atoms with Gasteiger partial charge in [-0.25, -0.2) is 8.42 Å². The van der Waals surface area contributed by atoms with Crippen LogP contribution in [0.1, 0.15) is 24.0 Å². The lowest BCUT2D eigenvalue weighted by Crippen LogP contribution is -2.38. The van der Waals surface area contributed by atoms with Crippen molar-refractivity contribution < 1.29 is 8.42 Å². The summed E-state index contributed by atoms with van der Waals surface area (Å²) >= 11 is 0. The van der Waals surface area contributed by atoms with Gasteiger partial charge in [0.15, 0.2) is 0 Å². The van der Waals surface area contributed by atoms with E-state index in [1.54, 1.807) is 0 Å². The predicted octanol–water partition coefficient (Wildman–Crippen LogP) is 1.82. The van der Waals surface area contributed by atoms with Gasteiger partial charge in [0.1, 0.15) is 0 Å². The van der Waals surface area contributed by atoms with Crippen molar-refractivity contribution in [3.8, 4) is 0 Å². The van der Waals surface area contributed by atoms with Crippen LogP contribution in [0.25, 0.3) is 0 Å². The number of benzene rings is 1. The Bertz CT molecular complexity index is 538. The average molecular weight is 254 g/mol. The molecule has 0 unspecified atom stereocenters. The molecule has 2 N–H and O–H groups in total. The third-order valence-electron chi connectivity index (χ3n) is 3.20. The minimum Gasteiger partial charge on any atom is -0.399 e. The molecular weight excluding hydrogens is 236 g/mol. The SMILES string of the molecule is Cc1cc(N2CCCCS2(=O)=O)c(C)cc1N. The highest BCUT2D eigenvalue weighted by Crippen LogP contribution is 2.30. The summed E-state index contributed by atoms with van der Waals surface area (Å²) in [6.07, 6.45) is 1.67. The molecule has 4 nitrogen and oxygen atoms in total. The molecule has 17 heavy (non-hydrogen) atoms. The second-order valence-electron chi connectivity index (χ2n) is 4.59. The summed E-state index contributed by atoms with van der Waals surface area (Å²) in [7, 11) is -3.14. The topological polar surface area (TPSA) is 63.4 Å². The first-order chi connectivity index (χ1) is 7.92. The van der Waals surface area contributed by atoms with Crippen LogP contribution in [0.4, 0.5) is 11.4 Å². The summed E-state index contributed by atoms with van der Waals surface area (Å²) in [6.45, 7) is 4.37. The standard InChI is InChI=1S/C12H18N2O2S/c1-9-8-12(10(2)7-11(9)13)14-5-3-4-6-17(14,15)16/h7-8H,3-6,13H2,1-2H3. The van der Waals surface area contributed by atoms with E-state index in [1.807, 2.05) is 26.0 Å². The van der Waals surface area contributed by atoms with Crippen molar-refractivity contribution in [1.29, 1.82) is 0 Å². The van der Waals surface area contributed by atoms with Gasteiger partial charge in [-0.15, -0.1) is 0 Å². The van der Waals surface area contributed by atoms with Crippen LogP contribution in [0.3, 0.4) is 0 Å². The molecule has 5 heteroatoms. The molecule has 0 radical (unpaired) electrons. The quantitative estimate of drug-likeness (QED) is 0.777. The van der Waals surface area contributed by atoms with Crippen molar-refractivity contribution in [3.05, 3.63) is 23.3 Å². The fraction of sp³-hybridized carbons (Fsp3) is 0.500. The highest BCUT2D eigenvalue weighted by atomic mass is 32.2. The predicted molar refractivity (Wildman–Crippen MR) is 70.7 cm³/mol. The van der Waals surface area contributed by atoms with E-state index in [4.69, 9.17) is 5.73 Å². The number of nitrogen functional groups attached to an aromatic ring is 1. The molecule has 0 bridgehead atoms. The second-order valence-corrected chi connectivity index (χ2v) is 6.60. The third kappa shape index (κ3) is 2.24. The van der Waals surface area contributed by atoms with Gasteiger partial charge >= 0.3 is 0 Å². The molecular formula is C12H18N2O2S. The Kier molecular flexibility index (Phi) is 3.03. The molecule has 1 aliphatic rings. The summed E-state index contributed by atoms with van der Waals surface area (Å²) in [6, 6.07) is 3.71. The van der Waals surface area contributed by atoms with Crippen molar-refractivity contribution in [2.24, 2.45) is 0 Å². The van der Waals surface area contributed by atoms with Crippen LogP contribution in [0, 0.1) is 13.8 Å². The van der Waals surface area contributed by atoms with Gasteiger partial charge in [0.25, 0.3) is 0 Å². The third-order valence-corrected chi connectivity index (χ3v) is 5.06. The highest BCUT2D eigenvalue weighted by Gasteiger charge is 2.27. The maximum atomic E-state index is 12.0. The first-order valence-electron chi connectivity index (χ1n) is 5.79. The number of nitrogens with two attached hydrogens (primary N) is 1. The Morgan fingerprint density at radius 2 is 1.88 bits per heavy atom. The molecule has 1 fully saturated rings. The van der Waals surface area contributed by atoms with Crippen LogP contribution in [-0.4, -0.2) is 20.7 Å². The first kappa shape index (κ1) is 12.2. The molecule has 0 aromatic heterocycles. The Morgan fingerprint density at radius 3 is 2.53 bits per heavy atom. The summed E-state index contributed by atoms with van der Waals surface area (Å²) in [5.41, 5.74) is 9.14. The lowest BCUT2D eigenvalue weighted by atomic mass is 10.1. The zero-order chi connectivity index (χ0) is 12.6. The number of rotatable bonds is 1. The Labute approximate surface area is 102 Å². The van der Waals surface area contributed by atoms with Gasteiger partial charge in [-0.2, -0.15) is 0 Å². The van der Waals surface area contributed by atoms with E-state index in [-0.39, 0.29) is 5.75 Å². The molecule has 0 aliphatic carbocycles. The van der Waals surface area contributed by atoms with Crippen LogP contribution >= 0.6 is 0 Å². The maximum absolute atomic E-state index is 12.0. The number of hydrogen-bond donors (Lipinski definition) is 1. The van der Waals surface area contributed by atoms with E-state index in [0.717, 1.165) is 29.7 Å². The summed E-state index contributed by atoms with van der Waals surface area (Å²) in [5, 5.41) is 0. The fourth-order valence-electron chi connectivity index (χ4n) is 2.15. The monoisotopic (exact) mass is 254 g/mol. The van der Waals surface area contributed by atoms with E-state index in [9.17, 15) is 8.42 Å². The summed E-state index contributed by atoms with van der Waals surface area (Å²) in [5.74, 6) is 0.246. The number of hydrogen-bond acceptors (Lipinski definition) is 3. The molecule has 1 saturated heterocycles. The van der Waals surface area contributed by atoms with Crippen LogP contribution in [0.5, 0.6) is 0 Å². The number of sulfonamides is 1. The van der Waals surface area contributed by atoms with Gasteiger partial charge < -0.3 is 5.73 Å². The van der Waals surface area contributed by atoms with E-state index in [2.05, 4.69) is 0 Å². The Morgan fingerprint density at radius 1 is 1.18 bits per heavy atom. The van der Waals surface area contributed by atoms with Crippen molar-refractivity contribution in [3.63, 3.8) is 0 Å². The maximum Gasteiger partial charge on any atom is 0.235 e. The van der Waals surface area contributed by atoms with Crippen molar-refractivity contribution in [1.82, 2.24) is 0 Å². The molecule has 1 aromatic rings. The van der Waals surface area contributed by atoms with Crippen molar-refractivity contribution in [2.75, 3.05) is 22.3 Å². The van der Waals surface area contributed by atoms with Crippen LogP contribution in [-0.2, 0) is 10.0 Å². The van der Waals surface area contributed by atoms with E-state index < -0.39 is 10.0 Å². The highest BCUT2D eigenvalue weighted by molar-refractivity contribution is 7.92. The van der Waals surface area contributed by atoms with Crippen molar-refractivity contribution >= 4 is 21.4 Å². The van der Waals surface area contributed by atoms with E-state index in [0.29, 0.717) is 12.2 Å². The molecule has 1 aromatic carbocycles. The average Bonchev–Trinajstić information content (AvgIpc) is 2.23. The van der Waals surface area contributed by atoms with Gasteiger partial charge in [-0.3, -0.25) is 4.31 Å². The van der Waals surface area contributed by atoms with Crippen molar-refractivity contribution in [2.45, 2.75) is 26.7 Å². The first-order valence-corrected chi connectivity index (χ1v) is 7.40. The number of anilines is 2. The number of aryl methyl sites for hydroxylation is 2. The molecule has 0 atom stereocenters. The number of nitrogens with zero attached hydrogens (tertiary/aromatic N) is 1. The molecule has 2 rings (SSSR count). The van der Waals surface area contributed by atoms with Crippen LogP contribution < -0.4 is 10.0 Å². The van der Waals surface area contributed by atoms with Gasteiger partial charge in [0.05, 0.1) is 11.4 Å². The lowest BCUT2D eigenvalue weighted by Gasteiger charge is -2.30. The van der Waals surface area contributed by atoms with Gasteiger partial charge in [-0.1, -0.05) is 0 Å².